The summed E-state index contributed by atoms with van der Waals surface area (Å²) in [5, 5.41) is 18.1. The van der Waals surface area contributed by atoms with E-state index in [2.05, 4.69) is 20.8 Å². The SMILES string of the molecule is CCCCCC(C)(CCCCC)CC(C(=O)O)C(=O)O.[H-].[H-].[Mg+2]. The smallest absolute Gasteiger partial charge is 1.00 e. The van der Waals surface area contributed by atoms with Crippen LogP contribution in [0.4, 0.5) is 0 Å². The molecular formula is C16H32MgO4. The number of hydrogen-bond acceptors (Lipinski definition) is 2. The Balaban J connectivity index is -0.000000602. The Morgan fingerprint density at radius 2 is 1.33 bits per heavy atom. The molecule has 0 aliphatic carbocycles. The largest absolute Gasteiger partial charge is 2.00 e. The van der Waals surface area contributed by atoms with Crippen LogP contribution in [0.25, 0.3) is 0 Å². The van der Waals surface area contributed by atoms with Crippen LogP contribution in [0, 0.1) is 11.3 Å². The minimum absolute atomic E-state index is 0. The van der Waals surface area contributed by atoms with Crippen LogP contribution in [0.3, 0.4) is 0 Å². The molecule has 0 atom stereocenters. The average molecular weight is 313 g/mol. The second-order valence-corrected chi connectivity index (χ2v) is 6.16. The van der Waals surface area contributed by atoms with E-state index >= 15 is 0 Å². The molecule has 0 amide bonds. The van der Waals surface area contributed by atoms with Crippen LogP contribution >= 0.6 is 0 Å². The molecule has 0 bridgehead atoms. The summed E-state index contributed by atoms with van der Waals surface area (Å²) in [4.78, 5) is 22.2. The molecule has 0 aromatic rings. The van der Waals surface area contributed by atoms with E-state index in [-0.39, 0.29) is 37.7 Å². The van der Waals surface area contributed by atoms with E-state index in [9.17, 15) is 9.59 Å². The summed E-state index contributed by atoms with van der Waals surface area (Å²) in [6.45, 7) is 6.31. The van der Waals surface area contributed by atoms with Gasteiger partial charge in [0, 0.05) is 0 Å². The van der Waals surface area contributed by atoms with Crippen LogP contribution in [0.2, 0.25) is 0 Å². The summed E-state index contributed by atoms with van der Waals surface area (Å²) in [7, 11) is 0. The first-order valence-corrected chi connectivity index (χ1v) is 7.82. The number of aliphatic carboxylic acids is 2. The number of carbonyl (C=O) groups is 2. The Morgan fingerprint density at radius 3 is 1.62 bits per heavy atom. The molecule has 0 unspecified atom stereocenters. The average Bonchev–Trinajstić information content (AvgIpc) is 2.36. The zero-order valence-electron chi connectivity index (χ0n) is 15.9. The molecule has 0 aromatic carbocycles. The Kier molecular flexibility index (Phi) is 13.4. The molecular weight excluding hydrogens is 280 g/mol. The van der Waals surface area contributed by atoms with Gasteiger partial charge < -0.3 is 13.1 Å². The van der Waals surface area contributed by atoms with Crippen LogP contribution in [-0.2, 0) is 9.59 Å². The van der Waals surface area contributed by atoms with Gasteiger partial charge in [-0.3, -0.25) is 9.59 Å². The van der Waals surface area contributed by atoms with Gasteiger partial charge in [-0.2, -0.15) is 0 Å². The van der Waals surface area contributed by atoms with Crippen LogP contribution in [0.1, 0.15) is 81.4 Å². The number of hydrogen-bond donors (Lipinski definition) is 2. The van der Waals surface area contributed by atoms with Gasteiger partial charge in [0.1, 0.15) is 0 Å². The summed E-state index contributed by atoms with van der Waals surface area (Å²) in [5.74, 6) is -3.70. The maximum absolute atomic E-state index is 11.1. The zero-order valence-corrected chi connectivity index (χ0v) is 15.3. The van der Waals surface area contributed by atoms with Gasteiger partial charge in [0.2, 0.25) is 0 Å². The fraction of sp³-hybridized carbons (Fsp3) is 0.875. The topological polar surface area (TPSA) is 74.6 Å². The molecule has 0 aliphatic heterocycles. The molecule has 0 saturated carbocycles. The first kappa shape index (κ1) is 23.0. The molecule has 5 heteroatoms. The Morgan fingerprint density at radius 1 is 0.952 bits per heavy atom. The molecule has 0 radical (unpaired) electrons. The Bertz CT molecular complexity index is 290. The van der Waals surface area contributed by atoms with Crippen molar-refractivity contribution >= 4 is 35.0 Å². The number of carboxylic acid groups (broad SMARTS) is 2. The van der Waals surface area contributed by atoms with Crippen molar-refractivity contribution in [2.45, 2.75) is 78.6 Å². The van der Waals surface area contributed by atoms with Crippen molar-refractivity contribution in [3.05, 3.63) is 0 Å². The molecule has 0 spiro atoms. The fourth-order valence-corrected chi connectivity index (χ4v) is 2.71. The maximum Gasteiger partial charge on any atom is 2.00 e. The van der Waals surface area contributed by atoms with Gasteiger partial charge in [-0.1, -0.05) is 59.3 Å². The van der Waals surface area contributed by atoms with Gasteiger partial charge in [0.05, 0.1) is 0 Å². The molecule has 0 aliphatic rings. The van der Waals surface area contributed by atoms with Crippen molar-refractivity contribution in [2.24, 2.45) is 11.3 Å². The van der Waals surface area contributed by atoms with Crippen LogP contribution in [0.5, 0.6) is 0 Å². The van der Waals surface area contributed by atoms with Gasteiger partial charge in [0.25, 0.3) is 0 Å². The van der Waals surface area contributed by atoms with Crippen LogP contribution in [0.15, 0.2) is 0 Å². The molecule has 0 saturated heterocycles. The number of carboxylic acids is 2. The zero-order chi connectivity index (χ0) is 15.6. The first-order valence-electron chi connectivity index (χ1n) is 7.82. The van der Waals surface area contributed by atoms with E-state index in [1.165, 1.54) is 0 Å². The van der Waals surface area contributed by atoms with Crippen molar-refractivity contribution in [1.82, 2.24) is 0 Å². The van der Waals surface area contributed by atoms with Gasteiger partial charge >= 0.3 is 35.0 Å². The standard InChI is InChI=1S/C16H30O4.Mg.2H/c1-4-6-8-10-16(3,11-9-7-5-2)12-13(14(17)18)15(19)20;;;/h13H,4-12H2,1-3H3,(H,17,18)(H,19,20);;;/q;+2;2*-1. The molecule has 122 valence electrons. The quantitative estimate of drug-likeness (QED) is 0.322. The predicted octanol–water partition coefficient (Wildman–Crippen LogP) is 4.17. The molecule has 0 heterocycles. The monoisotopic (exact) mass is 312 g/mol. The third kappa shape index (κ3) is 10.1. The summed E-state index contributed by atoms with van der Waals surface area (Å²) in [6, 6.07) is 0. The van der Waals surface area contributed by atoms with Gasteiger partial charge in [-0.05, 0) is 24.7 Å². The summed E-state index contributed by atoms with van der Waals surface area (Å²) < 4.78 is 0. The molecule has 0 rings (SSSR count). The molecule has 21 heavy (non-hydrogen) atoms. The number of rotatable bonds is 12. The fourth-order valence-electron chi connectivity index (χ4n) is 2.71. The van der Waals surface area contributed by atoms with Crippen molar-refractivity contribution in [3.8, 4) is 0 Å². The van der Waals surface area contributed by atoms with E-state index in [0.717, 1.165) is 51.4 Å². The molecule has 2 N–H and O–H groups in total. The van der Waals surface area contributed by atoms with E-state index < -0.39 is 17.9 Å². The molecule has 0 aromatic heterocycles. The minimum Gasteiger partial charge on any atom is -1.00 e. The first-order chi connectivity index (χ1) is 9.36. The minimum atomic E-state index is -1.27. The Hall–Kier alpha value is -0.294. The van der Waals surface area contributed by atoms with Crippen molar-refractivity contribution in [2.75, 3.05) is 0 Å². The third-order valence-corrected chi connectivity index (χ3v) is 4.06. The van der Waals surface area contributed by atoms with Crippen molar-refractivity contribution in [1.29, 1.82) is 0 Å². The van der Waals surface area contributed by atoms with Crippen molar-refractivity contribution < 1.29 is 22.7 Å². The van der Waals surface area contributed by atoms with E-state index in [1.54, 1.807) is 0 Å². The van der Waals surface area contributed by atoms with Gasteiger partial charge in [-0.15, -0.1) is 0 Å². The maximum atomic E-state index is 11.1. The van der Waals surface area contributed by atoms with E-state index in [4.69, 9.17) is 10.2 Å². The summed E-state index contributed by atoms with van der Waals surface area (Å²) in [5.41, 5.74) is -0.175. The summed E-state index contributed by atoms with van der Waals surface area (Å²) in [6.07, 6.45) is 8.64. The number of unbranched alkanes of at least 4 members (excludes halogenated alkanes) is 4. The second kappa shape index (κ2) is 12.3. The van der Waals surface area contributed by atoms with Gasteiger partial charge in [-0.25, -0.2) is 0 Å². The summed E-state index contributed by atoms with van der Waals surface area (Å²) >= 11 is 0. The second-order valence-electron chi connectivity index (χ2n) is 6.16. The van der Waals surface area contributed by atoms with Gasteiger partial charge in [0.15, 0.2) is 5.92 Å². The normalized spacial score (nSPS) is 11.2. The molecule has 0 fully saturated rings. The van der Waals surface area contributed by atoms with Crippen molar-refractivity contribution in [3.63, 3.8) is 0 Å². The third-order valence-electron chi connectivity index (χ3n) is 4.06. The van der Waals surface area contributed by atoms with E-state index in [1.807, 2.05) is 0 Å². The predicted molar refractivity (Wildman–Crippen MR) is 87.7 cm³/mol. The van der Waals surface area contributed by atoms with E-state index in [0.29, 0.717) is 0 Å². The van der Waals surface area contributed by atoms with Crippen LogP contribution in [-0.4, -0.2) is 45.2 Å². The molecule has 4 nitrogen and oxygen atoms in total. The Labute approximate surface area is 147 Å². The van der Waals surface area contributed by atoms with Crippen LogP contribution < -0.4 is 0 Å².